The van der Waals surface area contributed by atoms with Gasteiger partial charge in [0.1, 0.15) is 18.5 Å². The maximum Gasteiger partial charge on any atom is 0.414 e. The van der Waals surface area contributed by atoms with Gasteiger partial charge in [0, 0.05) is 0 Å². The van der Waals surface area contributed by atoms with Crippen LogP contribution >= 0.6 is 0 Å². The fraction of sp³-hybridized carbons (Fsp3) is 0.200. The zero-order valence-electron chi connectivity index (χ0n) is 15.1. The van der Waals surface area contributed by atoms with Gasteiger partial charge < -0.3 is 10.1 Å². The number of hydrogen-bond donors (Lipinski definition) is 1. The number of cyclic esters (lactones) is 1. The van der Waals surface area contributed by atoms with Gasteiger partial charge in [-0.05, 0) is 30.3 Å². The molecule has 9 heteroatoms. The summed E-state index contributed by atoms with van der Waals surface area (Å²) in [5, 5.41) is 2.56. The van der Waals surface area contributed by atoms with Crippen LogP contribution in [-0.4, -0.2) is 54.5 Å². The summed E-state index contributed by atoms with van der Waals surface area (Å²) in [5.41, 5.74) is 0.886. The summed E-state index contributed by atoms with van der Waals surface area (Å²) in [4.78, 5) is 50.9. The minimum Gasteiger partial charge on any atom is -0.442 e. The predicted molar refractivity (Wildman–Crippen MR) is 98.8 cm³/mol. The molecule has 0 radical (unpaired) electrons. The molecule has 1 N–H and O–H groups in total. The van der Waals surface area contributed by atoms with Crippen molar-refractivity contribution < 1.29 is 28.3 Å². The van der Waals surface area contributed by atoms with Crippen molar-refractivity contribution in [2.75, 3.05) is 24.5 Å². The Hall–Kier alpha value is -3.75. The zero-order chi connectivity index (χ0) is 20.5. The van der Waals surface area contributed by atoms with E-state index in [-0.39, 0.29) is 24.2 Å². The van der Waals surface area contributed by atoms with Gasteiger partial charge in [0.2, 0.25) is 5.91 Å². The van der Waals surface area contributed by atoms with Crippen molar-refractivity contribution in [3.8, 4) is 0 Å². The Morgan fingerprint density at radius 2 is 1.76 bits per heavy atom. The first-order valence-electron chi connectivity index (χ1n) is 8.89. The first kappa shape index (κ1) is 18.6. The molecular weight excluding hydrogens is 381 g/mol. The molecule has 29 heavy (non-hydrogen) atoms. The Morgan fingerprint density at radius 1 is 1.07 bits per heavy atom. The van der Waals surface area contributed by atoms with Gasteiger partial charge in [-0.25, -0.2) is 9.18 Å². The molecule has 1 unspecified atom stereocenters. The molecule has 2 aromatic rings. The van der Waals surface area contributed by atoms with E-state index in [0.29, 0.717) is 5.69 Å². The van der Waals surface area contributed by atoms with Crippen LogP contribution in [0.3, 0.4) is 0 Å². The van der Waals surface area contributed by atoms with E-state index in [1.54, 1.807) is 18.2 Å². The van der Waals surface area contributed by atoms with Crippen LogP contribution in [0.4, 0.5) is 14.9 Å². The summed E-state index contributed by atoms with van der Waals surface area (Å²) < 4.78 is 18.5. The number of ether oxygens (including phenoxy) is 1. The molecule has 0 aliphatic carbocycles. The van der Waals surface area contributed by atoms with Crippen LogP contribution < -0.4 is 10.2 Å². The molecule has 0 spiro atoms. The number of fused-ring (bicyclic) bond motifs is 1. The van der Waals surface area contributed by atoms with Gasteiger partial charge >= 0.3 is 6.09 Å². The van der Waals surface area contributed by atoms with Crippen LogP contribution in [0.5, 0.6) is 0 Å². The first-order chi connectivity index (χ1) is 13.9. The highest BCUT2D eigenvalue weighted by Gasteiger charge is 2.37. The zero-order valence-corrected chi connectivity index (χ0v) is 15.1. The van der Waals surface area contributed by atoms with Crippen molar-refractivity contribution in [3.05, 3.63) is 65.5 Å². The minimum absolute atomic E-state index is 0.000438. The van der Waals surface area contributed by atoms with Gasteiger partial charge in [-0.3, -0.25) is 24.2 Å². The summed E-state index contributed by atoms with van der Waals surface area (Å²) in [7, 11) is 0. The highest BCUT2D eigenvalue weighted by atomic mass is 19.1. The summed E-state index contributed by atoms with van der Waals surface area (Å²) in [6.07, 6.45) is -1.29. The summed E-state index contributed by atoms with van der Waals surface area (Å²) in [6.45, 7) is -0.296. The molecule has 0 saturated carbocycles. The molecule has 4 amide bonds. The molecule has 2 aliphatic rings. The SMILES string of the molecule is O=C(CN1C(=O)c2ccccc2C1=O)NCC1CN(c2cccc(F)c2)C(=O)O1. The number of rotatable bonds is 5. The first-order valence-corrected chi connectivity index (χ1v) is 8.89. The van der Waals surface area contributed by atoms with E-state index in [9.17, 15) is 23.6 Å². The van der Waals surface area contributed by atoms with E-state index in [1.807, 2.05) is 0 Å². The largest absolute Gasteiger partial charge is 0.442 e. The quantitative estimate of drug-likeness (QED) is 0.773. The fourth-order valence-corrected chi connectivity index (χ4v) is 3.29. The number of nitrogens with zero attached hydrogens (tertiary/aromatic N) is 2. The standard InChI is InChI=1S/C20H16FN3O5/c21-12-4-3-5-13(8-12)23-10-14(29-20(23)28)9-22-17(25)11-24-18(26)15-6-1-2-7-16(15)19(24)27/h1-8,14H,9-11H2,(H,22,25). The lowest BCUT2D eigenvalue weighted by molar-refractivity contribution is -0.121. The van der Waals surface area contributed by atoms with Crippen LogP contribution in [0.2, 0.25) is 0 Å². The van der Waals surface area contributed by atoms with E-state index >= 15 is 0 Å². The molecule has 1 saturated heterocycles. The number of hydrogen-bond acceptors (Lipinski definition) is 5. The van der Waals surface area contributed by atoms with Gasteiger partial charge in [-0.1, -0.05) is 18.2 Å². The fourth-order valence-electron chi connectivity index (χ4n) is 3.29. The maximum absolute atomic E-state index is 13.4. The Balaban J connectivity index is 1.32. The highest BCUT2D eigenvalue weighted by Crippen LogP contribution is 2.23. The third-order valence-electron chi connectivity index (χ3n) is 4.70. The van der Waals surface area contributed by atoms with Crippen LogP contribution in [0.25, 0.3) is 0 Å². The molecule has 148 valence electrons. The van der Waals surface area contributed by atoms with Gasteiger partial charge in [-0.15, -0.1) is 0 Å². The van der Waals surface area contributed by atoms with Crippen molar-refractivity contribution in [1.29, 1.82) is 0 Å². The van der Waals surface area contributed by atoms with Crippen molar-refractivity contribution in [3.63, 3.8) is 0 Å². The predicted octanol–water partition coefficient (Wildman–Crippen LogP) is 1.56. The molecule has 4 rings (SSSR count). The van der Waals surface area contributed by atoms with E-state index < -0.39 is 42.3 Å². The number of imide groups is 1. The van der Waals surface area contributed by atoms with Crippen LogP contribution in [0.1, 0.15) is 20.7 Å². The highest BCUT2D eigenvalue weighted by molar-refractivity contribution is 6.22. The molecule has 1 fully saturated rings. The number of halogens is 1. The van der Waals surface area contributed by atoms with Crippen LogP contribution in [-0.2, 0) is 9.53 Å². The number of carbonyl (C=O) groups excluding carboxylic acids is 4. The van der Waals surface area contributed by atoms with Crippen LogP contribution in [0, 0.1) is 5.82 Å². The average Bonchev–Trinajstić information content (AvgIpc) is 3.20. The van der Waals surface area contributed by atoms with Crippen molar-refractivity contribution in [1.82, 2.24) is 10.2 Å². The monoisotopic (exact) mass is 397 g/mol. The summed E-state index contributed by atoms with van der Waals surface area (Å²) >= 11 is 0. The molecule has 0 bridgehead atoms. The Bertz CT molecular complexity index is 990. The van der Waals surface area contributed by atoms with Gasteiger partial charge in [-0.2, -0.15) is 0 Å². The second kappa shape index (κ2) is 7.34. The van der Waals surface area contributed by atoms with E-state index in [1.165, 1.54) is 35.2 Å². The molecule has 2 aromatic carbocycles. The number of benzene rings is 2. The second-order valence-corrected chi connectivity index (χ2v) is 6.64. The van der Waals surface area contributed by atoms with E-state index in [2.05, 4.69) is 5.32 Å². The lowest BCUT2D eigenvalue weighted by atomic mass is 10.1. The summed E-state index contributed by atoms with van der Waals surface area (Å²) in [5.74, 6) is -2.08. The normalized spacial score (nSPS) is 18.1. The maximum atomic E-state index is 13.4. The van der Waals surface area contributed by atoms with Crippen molar-refractivity contribution >= 4 is 29.5 Å². The third-order valence-corrected chi connectivity index (χ3v) is 4.70. The third kappa shape index (κ3) is 3.54. The molecule has 1 atom stereocenters. The lowest BCUT2D eigenvalue weighted by Crippen LogP contribution is -2.43. The molecule has 8 nitrogen and oxygen atoms in total. The molecular formula is C20H16FN3O5. The number of nitrogens with one attached hydrogen (secondary N) is 1. The second-order valence-electron chi connectivity index (χ2n) is 6.64. The molecule has 2 aliphatic heterocycles. The number of amides is 4. The average molecular weight is 397 g/mol. The smallest absolute Gasteiger partial charge is 0.414 e. The Labute approximate surface area is 164 Å². The topological polar surface area (TPSA) is 96.0 Å². The van der Waals surface area contributed by atoms with Crippen molar-refractivity contribution in [2.24, 2.45) is 0 Å². The van der Waals surface area contributed by atoms with Gasteiger partial charge in [0.25, 0.3) is 11.8 Å². The van der Waals surface area contributed by atoms with E-state index in [4.69, 9.17) is 4.74 Å². The molecule has 2 heterocycles. The van der Waals surface area contributed by atoms with Crippen LogP contribution in [0.15, 0.2) is 48.5 Å². The van der Waals surface area contributed by atoms with Gasteiger partial charge in [0.05, 0.1) is 29.9 Å². The minimum atomic E-state index is -0.643. The number of anilines is 1. The summed E-state index contributed by atoms with van der Waals surface area (Å²) in [6, 6.07) is 11.9. The molecule has 0 aromatic heterocycles. The van der Waals surface area contributed by atoms with Gasteiger partial charge in [0.15, 0.2) is 0 Å². The lowest BCUT2D eigenvalue weighted by Gasteiger charge is -2.15. The number of carbonyl (C=O) groups is 4. The van der Waals surface area contributed by atoms with Crippen molar-refractivity contribution in [2.45, 2.75) is 6.10 Å². The Morgan fingerprint density at radius 3 is 2.41 bits per heavy atom. The van der Waals surface area contributed by atoms with E-state index in [0.717, 1.165) is 4.90 Å². The Kier molecular flexibility index (Phi) is 4.71.